The molecule has 1 aliphatic rings. The topological polar surface area (TPSA) is 47.6 Å². The minimum atomic E-state index is -0.797. The van der Waals surface area contributed by atoms with Crippen molar-refractivity contribution >= 4 is 10.8 Å². The molecule has 2 rings (SSSR count). The van der Waals surface area contributed by atoms with Gasteiger partial charge in [0.05, 0.1) is 13.7 Å². The maximum Gasteiger partial charge on any atom is 0.124 e. The molecule has 0 saturated heterocycles. The first-order valence-electron chi connectivity index (χ1n) is 6.48. The van der Waals surface area contributed by atoms with E-state index >= 15 is 0 Å². The third-order valence-electron chi connectivity index (χ3n) is 3.47. The Hall–Kier alpha value is -1.07. The number of hydrogen-bond acceptors (Lipinski definition) is 4. The van der Waals surface area contributed by atoms with Crippen LogP contribution in [-0.4, -0.2) is 36.0 Å². The first-order chi connectivity index (χ1) is 9.11. The zero-order valence-corrected chi connectivity index (χ0v) is 12.5. The summed E-state index contributed by atoms with van der Waals surface area (Å²) in [6.07, 6.45) is 2.66. The zero-order chi connectivity index (χ0) is 13.8. The van der Waals surface area contributed by atoms with Gasteiger partial charge >= 0.3 is 0 Å². The van der Waals surface area contributed by atoms with Crippen molar-refractivity contribution in [3.63, 3.8) is 0 Å². The van der Waals surface area contributed by atoms with Crippen molar-refractivity contribution in [1.29, 1.82) is 0 Å². The summed E-state index contributed by atoms with van der Waals surface area (Å²) in [7, 11) is 0.866. The summed E-state index contributed by atoms with van der Waals surface area (Å²) in [6, 6.07) is 6.11. The molecule has 3 unspecified atom stereocenters. The van der Waals surface area contributed by atoms with Gasteiger partial charge in [0.2, 0.25) is 0 Å². The summed E-state index contributed by atoms with van der Waals surface area (Å²) in [5.41, 5.74) is 1.12. The number of rotatable bonds is 5. The lowest BCUT2D eigenvalue weighted by Gasteiger charge is -2.28. The zero-order valence-electron chi connectivity index (χ0n) is 11.6. The average molecular weight is 283 g/mol. The third-order valence-corrected chi connectivity index (χ3v) is 4.77. The lowest BCUT2D eigenvalue weighted by Crippen LogP contribution is -2.33. The van der Waals surface area contributed by atoms with Crippen LogP contribution in [0, 0.1) is 0 Å². The van der Waals surface area contributed by atoms with E-state index < -0.39 is 10.8 Å². The molecule has 1 N–H and O–H groups in total. The van der Waals surface area contributed by atoms with Crippen molar-refractivity contribution in [2.24, 2.45) is 0 Å². The summed E-state index contributed by atoms with van der Waals surface area (Å²) in [6.45, 7) is 3.44. The largest absolute Gasteiger partial charge is 0.497 e. The second-order valence-electron chi connectivity index (χ2n) is 4.81. The predicted octanol–water partition coefficient (Wildman–Crippen LogP) is 1.88. The Bertz CT molecular complexity index is 464. The number of nitrogens with one attached hydrogen (secondary N) is 1. The summed E-state index contributed by atoms with van der Waals surface area (Å²) in [5, 5.41) is 3.63. The maximum atomic E-state index is 11.4. The maximum absolute atomic E-state index is 11.4. The minimum absolute atomic E-state index is 0.150. The molecule has 0 bridgehead atoms. The van der Waals surface area contributed by atoms with Crippen molar-refractivity contribution < 1.29 is 13.7 Å². The van der Waals surface area contributed by atoms with E-state index in [1.165, 1.54) is 0 Å². The molecule has 1 aliphatic heterocycles. The van der Waals surface area contributed by atoms with Gasteiger partial charge in [-0.05, 0) is 25.1 Å². The molecule has 1 heterocycles. The summed E-state index contributed by atoms with van der Waals surface area (Å²) < 4.78 is 22.3. The van der Waals surface area contributed by atoms with Crippen molar-refractivity contribution in [2.75, 3.05) is 26.5 Å². The van der Waals surface area contributed by atoms with Gasteiger partial charge in [-0.2, -0.15) is 0 Å². The van der Waals surface area contributed by atoms with E-state index in [-0.39, 0.29) is 11.3 Å². The molecule has 1 aromatic carbocycles. The molecular formula is C14H21NO3S. The molecule has 0 aromatic heterocycles. The first kappa shape index (κ1) is 14.3. The molecule has 5 heteroatoms. The van der Waals surface area contributed by atoms with Crippen LogP contribution in [0.25, 0.3) is 0 Å². The van der Waals surface area contributed by atoms with Gasteiger partial charge in [-0.25, -0.2) is 0 Å². The van der Waals surface area contributed by atoms with Gasteiger partial charge in [0, 0.05) is 46.9 Å². The molecule has 3 atom stereocenters. The molecule has 0 aliphatic carbocycles. The molecular weight excluding hydrogens is 262 g/mol. The highest BCUT2D eigenvalue weighted by Crippen LogP contribution is 2.34. The number of benzene rings is 1. The summed E-state index contributed by atoms with van der Waals surface area (Å²) >= 11 is 0. The van der Waals surface area contributed by atoms with Gasteiger partial charge in [-0.3, -0.25) is 4.21 Å². The fourth-order valence-electron chi connectivity index (χ4n) is 2.14. The van der Waals surface area contributed by atoms with Crippen LogP contribution >= 0.6 is 0 Å². The van der Waals surface area contributed by atoms with E-state index in [1.807, 2.05) is 25.1 Å². The van der Waals surface area contributed by atoms with Crippen LogP contribution in [0.1, 0.15) is 24.9 Å². The van der Waals surface area contributed by atoms with E-state index in [1.54, 1.807) is 13.4 Å². The van der Waals surface area contributed by atoms with E-state index in [4.69, 9.17) is 9.47 Å². The molecule has 0 radical (unpaired) electrons. The lowest BCUT2D eigenvalue weighted by atomic mass is 10.00. The van der Waals surface area contributed by atoms with Gasteiger partial charge in [-0.15, -0.1) is 0 Å². The van der Waals surface area contributed by atoms with Gasteiger partial charge in [0.15, 0.2) is 0 Å². The second kappa shape index (κ2) is 6.39. The summed E-state index contributed by atoms with van der Waals surface area (Å²) in [4.78, 5) is 0. The Morgan fingerprint density at radius 2 is 2.37 bits per heavy atom. The standard InChI is InChI=1S/C14H21NO3S/c1-10(19(3)16)9-15-13-6-7-18-14-5-4-11(17-2)8-12(13)14/h4-5,8,10,13,15H,6-7,9H2,1-3H3. The van der Waals surface area contributed by atoms with Crippen molar-refractivity contribution in [3.05, 3.63) is 23.8 Å². The van der Waals surface area contributed by atoms with E-state index in [0.29, 0.717) is 6.61 Å². The Morgan fingerprint density at radius 3 is 3.05 bits per heavy atom. The molecule has 0 spiro atoms. The Kier molecular flexibility index (Phi) is 4.82. The van der Waals surface area contributed by atoms with Crippen molar-refractivity contribution in [2.45, 2.75) is 24.6 Å². The van der Waals surface area contributed by atoms with Crippen LogP contribution < -0.4 is 14.8 Å². The summed E-state index contributed by atoms with van der Waals surface area (Å²) in [5.74, 6) is 1.75. The fourth-order valence-corrected chi connectivity index (χ4v) is 2.47. The lowest BCUT2D eigenvalue weighted by molar-refractivity contribution is 0.252. The van der Waals surface area contributed by atoms with Gasteiger partial charge < -0.3 is 14.8 Å². The molecule has 106 valence electrons. The van der Waals surface area contributed by atoms with Crippen molar-refractivity contribution in [1.82, 2.24) is 5.32 Å². The number of fused-ring (bicyclic) bond motifs is 1. The fraction of sp³-hybridized carbons (Fsp3) is 0.571. The number of ether oxygens (including phenoxy) is 2. The minimum Gasteiger partial charge on any atom is -0.497 e. The van der Waals surface area contributed by atoms with E-state index in [2.05, 4.69) is 5.32 Å². The normalized spacial score (nSPS) is 21.1. The quantitative estimate of drug-likeness (QED) is 0.896. The monoisotopic (exact) mass is 283 g/mol. The smallest absolute Gasteiger partial charge is 0.124 e. The highest BCUT2D eigenvalue weighted by molar-refractivity contribution is 7.84. The molecule has 0 fully saturated rings. The molecule has 4 nitrogen and oxygen atoms in total. The molecule has 19 heavy (non-hydrogen) atoms. The number of hydrogen-bond donors (Lipinski definition) is 1. The average Bonchev–Trinajstić information content (AvgIpc) is 2.43. The molecule has 0 amide bonds. The highest BCUT2D eigenvalue weighted by atomic mass is 32.2. The van der Waals surface area contributed by atoms with Gasteiger partial charge in [-0.1, -0.05) is 0 Å². The Morgan fingerprint density at radius 1 is 1.58 bits per heavy atom. The Labute approximate surface area is 116 Å². The van der Waals surface area contributed by atoms with E-state index in [9.17, 15) is 4.21 Å². The van der Waals surface area contributed by atoms with Crippen molar-refractivity contribution in [3.8, 4) is 11.5 Å². The van der Waals surface area contributed by atoms with Crippen LogP contribution in [0.4, 0.5) is 0 Å². The molecule has 0 saturated carbocycles. The van der Waals surface area contributed by atoms with Gasteiger partial charge in [0.1, 0.15) is 11.5 Å². The van der Waals surface area contributed by atoms with Gasteiger partial charge in [0.25, 0.3) is 0 Å². The van der Waals surface area contributed by atoms with Crippen LogP contribution in [0.15, 0.2) is 18.2 Å². The van der Waals surface area contributed by atoms with Crippen LogP contribution in [-0.2, 0) is 10.8 Å². The predicted molar refractivity (Wildman–Crippen MR) is 77.4 cm³/mol. The first-order valence-corrected chi connectivity index (χ1v) is 8.10. The van der Waals surface area contributed by atoms with Crippen LogP contribution in [0.3, 0.4) is 0 Å². The molecule has 1 aromatic rings. The van der Waals surface area contributed by atoms with E-state index in [0.717, 1.165) is 30.0 Å². The van der Waals surface area contributed by atoms with Crippen LogP contribution in [0.2, 0.25) is 0 Å². The van der Waals surface area contributed by atoms with Crippen LogP contribution in [0.5, 0.6) is 11.5 Å². The number of methoxy groups -OCH3 is 1. The SMILES string of the molecule is COc1ccc2c(c1)C(NCC(C)S(C)=O)CCO2. The third kappa shape index (κ3) is 3.48. The highest BCUT2D eigenvalue weighted by Gasteiger charge is 2.22. The second-order valence-corrected chi connectivity index (χ2v) is 6.61. The Balaban J connectivity index is 2.10.